The second-order valence-electron chi connectivity index (χ2n) is 6.84. The fraction of sp³-hybridized carbons (Fsp3) is 0.611. The van der Waals surface area contributed by atoms with Gasteiger partial charge in [0.2, 0.25) is 5.91 Å². The van der Waals surface area contributed by atoms with E-state index < -0.39 is 9.84 Å². The van der Waals surface area contributed by atoms with E-state index in [1.54, 1.807) is 4.90 Å². The van der Waals surface area contributed by atoms with Crippen LogP contribution in [0.25, 0.3) is 0 Å². The van der Waals surface area contributed by atoms with E-state index in [0.717, 1.165) is 5.56 Å². The second-order valence-corrected chi connectivity index (χ2v) is 9.51. The molecular formula is C18H26ClNO3S. The Kier molecular flexibility index (Phi) is 6.32. The molecule has 6 heteroatoms. The maximum atomic E-state index is 12.8. The zero-order chi connectivity index (χ0) is 17.9. The van der Waals surface area contributed by atoms with E-state index in [-0.39, 0.29) is 29.4 Å². The first-order valence-corrected chi connectivity index (χ1v) is 10.7. The fourth-order valence-corrected chi connectivity index (χ4v) is 5.27. The van der Waals surface area contributed by atoms with Crippen LogP contribution in [0.15, 0.2) is 24.3 Å². The van der Waals surface area contributed by atoms with Crippen molar-refractivity contribution in [2.45, 2.75) is 45.6 Å². The zero-order valence-electron chi connectivity index (χ0n) is 14.5. The predicted molar refractivity (Wildman–Crippen MR) is 98.1 cm³/mol. The first-order chi connectivity index (χ1) is 11.2. The van der Waals surface area contributed by atoms with Gasteiger partial charge >= 0.3 is 0 Å². The molecule has 134 valence electrons. The van der Waals surface area contributed by atoms with Gasteiger partial charge in [-0.3, -0.25) is 4.79 Å². The quantitative estimate of drug-likeness (QED) is 0.768. The van der Waals surface area contributed by atoms with Crippen LogP contribution >= 0.6 is 11.6 Å². The average Bonchev–Trinajstić information content (AvgIpc) is 2.86. The van der Waals surface area contributed by atoms with Crippen molar-refractivity contribution in [2.75, 3.05) is 18.1 Å². The number of amides is 1. The lowest BCUT2D eigenvalue weighted by Gasteiger charge is -2.30. The molecule has 0 aromatic heterocycles. The smallest absolute Gasteiger partial charge is 0.223 e. The maximum absolute atomic E-state index is 12.8. The van der Waals surface area contributed by atoms with Crippen molar-refractivity contribution in [2.24, 2.45) is 5.92 Å². The molecule has 1 saturated heterocycles. The van der Waals surface area contributed by atoms with E-state index in [0.29, 0.717) is 30.3 Å². The van der Waals surface area contributed by atoms with E-state index in [4.69, 9.17) is 11.6 Å². The third kappa shape index (κ3) is 4.73. The Morgan fingerprint density at radius 2 is 1.92 bits per heavy atom. The number of hydrogen-bond donors (Lipinski definition) is 0. The maximum Gasteiger partial charge on any atom is 0.223 e. The minimum Gasteiger partial charge on any atom is -0.339 e. The normalized spacial score (nSPS) is 21.0. The summed E-state index contributed by atoms with van der Waals surface area (Å²) in [6.45, 7) is 6.66. The van der Waals surface area contributed by atoms with Gasteiger partial charge in [-0.1, -0.05) is 37.6 Å². The van der Waals surface area contributed by atoms with Gasteiger partial charge in [-0.05, 0) is 42.9 Å². The van der Waals surface area contributed by atoms with Gasteiger partial charge in [-0.2, -0.15) is 0 Å². The molecule has 0 N–H and O–H groups in total. The topological polar surface area (TPSA) is 54.5 Å². The number of benzene rings is 1. The lowest BCUT2D eigenvalue weighted by Crippen LogP contribution is -2.41. The number of rotatable bonds is 6. The highest BCUT2D eigenvalue weighted by Crippen LogP contribution is 2.30. The van der Waals surface area contributed by atoms with E-state index in [9.17, 15) is 13.2 Å². The summed E-state index contributed by atoms with van der Waals surface area (Å²) < 4.78 is 23.4. The molecular weight excluding hydrogens is 346 g/mol. The molecule has 0 saturated carbocycles. The number of sulfone groups is 1. The summed E-state index contributed by atoms with van der Waals surface area (Å²) in [7, 11) is -2.99. The van der Waals surface area contributed by atoms with Crippen LogP contribution < -0.4 is 0 Å². The molecule has 1 amide bonds. The Morgan fingerprint density at radius 1 is 1.29 bits per heavy atom. The van der Waals surface area contributed by atoms with Crippen molar-refractivity contribution < 1.29 is 13.2 Å². The number of halogens is 1. The Morgan fingerprint density at radius 3 is 2.38 bits per heavy atom. The third-order valence-electron chi connectivity index (χ3n) is 4.81. The number of nitrogens with zero attached hydrogens (tertiary/aromatic N) is 1. The molecule has 1 aliphatic rings. The van der Waals surface area contributed by atoms with Crippen LogP contribution in [0.3, 0.4) is 0 Å². The average molecular weight is 372 g/mol. The summed E-state index contributed by atoms with van der Waals surface area (Å²) in [6.07, 6.45) is 0.943. The molecule has 1 aromatic rings. The van der Waals surface area contributed by atoms with Crippen LogP contribution in [0.1, 0.15) is 45.1 Å². The largest absolute Gasteiger partial charge is 0.339 e. The van der Waals surface area contributed by atoms with Crippen molar-refractivity contribution in [1.82, 2.24) is 4.90 Å². The minimum atomic E-state index is -2.99. The van der Waals surface area contributed by atoms with Crippen molar-refractivity contribution >= 4 is 27.3 Å². The molecule has 2 rings (SSSR count). The summed E-state index contributed by atoms with van der Waals surface area (Å²) in [5, 5.41) is 0.680. The van der Waals surface area contributed by atoms with Crippen LogP contribution in [-0.4, -0.2) is 43.3 Å². The van der Waals surface area contributed by atoms with E-state index in [2.05, 4.69) is 13.8 Å². The molecule has 0 radical (unpaired) electrons. The standard InChI is InChI=1S/C18H26ClNO3S/c1-4-20(16-9-10-24(22,23)12-16)18(21)11-17(13(2)3)14-5-7-15(19)8-6-14/h5-8,13,16-17H,4,9-12H2,1-3H3. The molecule has 24 heavy (non-hydrogen) atoms. The van der Waals surface area contributed by atoms with Gasteiger partial charge in [-0.25, -0.2) is 8.42 Å². The summed E-state index contributed by atoms with van der Waals surface area (Å²) in [5.74, 6) is 0.725. The van der Waals surface area contributed by atoms with Gasteiger partial charge in [0.1, 0.15) is 0 Å². The van der Waals surface area contributed by atoms with Crippen LogP contribution in [-0.2, 0) is 14.6 Å². The highest BCUT2D eigenvalue weighted by Gasteiger charge is 2.34. The highest BCUT2D eigenvalue weighted by molar-refractivity contribution is 7.91. The van der Waals surface area contributed by atoms with Crippen LogP contribution in [0.4, 0.5) is 0 Å². The van der Waals surface area contributed by atoms with Crippen molar-refractivity contribution in [1.29, 1.82) is 0 Å². The van der Waals surface area contributed by atoms with Gasteiger partial charge in [0.05, 0.1) is 11.5 Å². The van der Waals surface area contributed by atoms with Crippen molar-refractivity contribution in [3.05, 3.63) is 34.9 Å². The fourth-order valence-electron chi connectivity index (χ4n) is 3.41. The molecule has 1 fully saturated rings. The molecule has 1 aliphatic heterocycles. The van der Waals surface area contributed by atoms with Crippen molar-refractivity contribution in [3.8, 4) is 0 Å². The zero-order valence-corrected chi connectivity index (χ0v) is 16.1. The lowest BCUT2D eigenvalue weighted by atomic mass is 9.85. The summed E-state index contributed by atoms with van der Waals surface area (Å²) in [4.78, 5) is 14.6. The van der Waals surface area contributed by atoms with E-state index in [1.807, 2.05) is 31.2 Å². The predicted octanol–water partition coefficient (Wildman–Crippen LogP) is 3.51. The molecule has 1 heterocycles. The molecule has 4 nitrogen and oxygen atoms in total. The minimum absolute atomic E-state index is 0.0354. The number of carbonyl (C=O) groups excluding carboxylic acids is 1. The Hall–Kier alpha value is -1.07. The first-order valence-electron chi connectivity index (χ1n) is 8.49. The van der Waals surface area contributed by atoms with Crippen LogP contribution in [0, 0.1) is 5.92 Å². The van der Waals surface area contributed by atoms with Gasteiger partial charge in [0, 0.05) is 24.0 Å². The summed E-state index contributed by atoms with van der Waals surface area (Å²) in [5.41, 5.74) is 1.10. The van der Waals surface area contributed by atoms with Gasteiger partial charge in [0.15, 0.2) is 9.84 Å². The Balaban J connectivity index is 2.13. The number of hydrogen-bond acceptors (Lipinski definition) is 3. The van der Waals surface area contributed by atoms with Gasteiger partial charge in [-0.15, -0.1) is 0 Å². The Bertz CT molecular complexity index is 670. The third-order valence-corrected chi connectivity index (χ3v) is 6.81. The van der Waals surface area contributed by atoms with Gasteiger partial charge in [0.25, 0.3) is 0 Å². The molecule has 2 unspecified atom stereocenters. The van der Waals surface area contributed by atoms with Crippen molar-refractivity contribution in [3.63, 3.8) is 0 Å². The lowest BCUT2D eigenvalue weighted by molar-refractivity contribution is -0.133. The molecule has 0 spiro atoms. The van der Waals surface area contributed by atoms with Crippen LogP contribution in [0.2, 0.25) is 5.02 Å². The molecule has 1 aromatic carbocycles. The molecule has 0 aliphatic carbocycles. The number of carbonyl (C=O) groups is 1. The summed E-state index contributed by atoms with van der Waals surface area (Å²) in [6, 6.07) is 7.45. The van der Waals surface area contributed by atoms with E-state index >= 15 is 0 Å². The molecule has 0 bridgehead atoms. The first kappa shape index (κ1) is 19.3. The molecule has 2 atom stereocenters. The Labute approximate surface area is 150 Å². The SMILES string of the molecule is CCN(C(=O)CC(c1ccc(Cl)cc1)C(C)C)C1CCS(=O)(=O)C1. The highest BCUT2D eigenvalue weighted by atomic mass is 35.5. The monoisotopic (exact) mass is 371 g/mol. The van der Waals surface area contributed by atoms with Crippen LogP contribution in [0.5, 0.6) is 0 Å². The second kappa shape index (κ2) is 7.87. The van der Waals surface area contributed by atoms with E-state index in [1.165, 1.54) is 0 Å². The van der Waals surface area contributed by atoms with Gasteiger partial charge < -0.3 is 4.90 Å². The summed E-state index contributed by atoms with van der Waals surface area (Å²) >= 11 is 5.96.